The van der Waals surface area contributed by atoms with Crippen LogP contribution in [0.4, 0.5) is 0 Å². The summed E-state index contributed by atoms with van der Waals surface area (Å²) < 4.78 is 0. The molecule has 2 nitrogen and oxygen atoms in total. The van der Waals surface area contributed by atoms with E-state index in [0.29, 0.717) is 6.42 Å². The lowest BCUT2D eigenvalue weighted by Crippen LogP contribution is -2.40. The van der Waals surface area contributed by atoms with Crippen molar-refractivity contribution in [2.24, 2.45) is 5.41 Å². The number of amides is 1. The van der Waals surface area contributed by atoms with Crippen LogP contribution in [0.25, 0.3) is 5.57 Å². The van der Waals surface area contributed by atoms with Crippen molar-refractivity contribution in [1.29, 1.82) is 0 Å². The smallest absolute Gasteiger partial charge is 0.220 e. The van der Waals surface area contributed by atoms with Crippen LogP contribution >= 0.6 is 0 Å². The summed E-state index contributed by atoms with van der Waals surface area (Å²) in [6, 6.07) is 8.68. The van der Waals surface area contributed by atoms with Gasteiger partial charge in [-0.15, -0.1) is 0 Å². The second-order valence-corrected chi connectivity index (χ2v) is 6.35. The predicted octanol–water partition coefficient (Wildman–Crippen LogP) is 3.41. The summed E-state index contributed by atoms with van der Waals surface area (Å²) in [5, 5.41) is 2.95. The fourth-order valence-corrected chi connectivity index (χ4v) is 3.81. The summed E-state index contributed by atoms with van der Waals surface area (Å²) in [5.41, 5.74) is 5.51. The van der Waals surface area contributed by atoms with E-state index in [-0.39, 0.29) is 11.3 Å². The molecule has 1 unspecified atom stereocenters. The lowest BCUT2D eigenvalue weighted by molar-refractivity contribution is -0.124. The highest BCUT2D eigenvalue weighted by atomic mass is 16.1. The zero-order valence-electron chi connectivity index (χ0n) is 12.1. The molecule has 21 heavy (non-hydrogen) atoms. The number of piperidine rings is 1. The van der Waals surface area contributed by atoms with Crippen LogP contribution in [0.5, 0.6) is 0 Å². The molecule has 2 aliphatic carbocycles. The molecule has 0 saturated carbocycles. The number of rotatable bonds is 0. The molecule has 3 aliphatic rings. The largest absolute Gasteiger partial charge is 0.356 e. The predicted molar refractivity (Wildman–Crippen MR) is 84.6 cm³/mol. The lowest BCUT2D eigenvalue weighted by Gasteiger charge is -2.38. The van der Waals surface area contributed by atoms with E-state index < -0.39 is 0 Å². The molecule has 0 radical (unpaired) electrons. The van der Waals surface area contributed by atoms with Gasteiger partial charge in [0.1, 0.15) is 0 Å². The van der Waals surface area contributed by atoms with Crippen LogP contribution < -0.4 is 5.32 Å². The van der Waals surface area contributed by atoms with Crippen molar-refractivity contribution >= 4 is 11.5 Å². The Morgan fingerprint density at radius 1 is 1.10 bits per heavy atom. The Kier molecular flexibility index (Phi) is 2.85. The molecule has 2 heteroatoms. The third-order valence-corrected chi connectivity index (χ3v) is 4.93. The van der Waals surface area contributed by atoms with E-state index >= 15 is 0 Å². The maximum absolute atomic E-state index is 11.8. The summed E-state index contributed by atoms with van der Waals surface area (Å²) in [5.74, 6) is 0.187. The van der Waals surface area contributed by atoms with E-state index in [1.165, 1.54) is 22.3 Å². The van der Waals surface area contributed by atoms with Crippen molar-refractivity contribution < 1.29 is 4.79 Å². The average molecular weight is 277 g/mol. The Morgan fingerprint density at radius 2 is 2.00 bits per heavy atom. The SMILES string of the molecule is O=C1CC2(C=CC3=C(C2)c2ccccc2CC=C3)CCN1. The molecule has 1 aromatic carbocycles. The first-order valence-corrected chi connectivity index (χ1v) is 7.70. The summed E-state index contributed by atoms with van der Waals surface area (Å²) in [7, 11) is 0. The van der Waals surface area contributed by atoms with Crippen LogP contribution in [0.1, 0.15) is 30.4 Å². The van der Waals surface area contributed by atoms with E-state index in [2.05, 4.69) is 53.9 Å². The Morgan fingerprint density at radius 3 is 2.90 bits per heavy atom. The molecule has 1 aromatic rings. The standard InChI is InChI=1S/C19H19NO/c21-18-13-19(10-11-20-18)9-8-15-6-3-5-14-4-1-2-7-16(14)17(15)12-19/h1-4,6-9H,5,10-13H2,(H,20,21). The maximum atomic E-state index is 11.8. The van der Waals surface area contributed by atoms with Gasteiger partial charge in [-0.1, -0.05) is 48.6 Å². The minimum Gasteiger partial charge on any atom is -0.356 e. The van der Waals surface area contributed by atoms with Crippen LogP contribution in [0, 0.1) is 5.41 Å². The normalized spacial score (nSPS) is 27.1. The molecule has 106 valence electrons. The van der Waals surface area contributed by atoms with Gasteiger partial charge >= 0.3 is 0 Å². The molecule has 1 aliphatic heterocycles. The van der Waals surface area contributed by atoms with Gasteiger partial charge < -0.3 is 5.32 Å². The zero-order valence-corrected chi connectivity index (χ0v) is 12.1. The molecule has 1 spiro atoms. The Hall–Kier alpha value is -2.09. The van der Waals surface area contributed by atoms with E-state index in [4.69, 9.17) is 0 Å². The van der Waals surface area contributed by atoms with E-state index in [9.17, 15) is 4.79 Å². The zero-order chi connectivity index (χ0) is 14.3. The van der Waals surface area contributed by atoms with Crippen molar-refractivity contribution in [3.05, 3.63) is 65.3 Å². The fourth-order valence-electron chi connectivity index (χ4n) is 3.81. The summed E-state index contributed by atoms with van der Waals surface area (Å²) in [6.07, 6.45) is 12.6. The van der Waals surface area contributed by atoms with Gasteiger partial charge in [0.25, 0.3) is 0 Å². The second-order valence-electron chi connectivity index (χ2n) is 6.35. The summed E-state index contributed by atoms with van der Waals surface area (Å²) in [6.45, 7) is 0.795. The van der Waals surface area contributed by atoms with E-state index in [0.717, 1.165) is 25.8 Å². The highest BCUT2D eigenvalue weighted by Crippen LogP contribution is 2.46. The molecule has 1 atom stereocenters. The quantitative estimate of drug-likeness (QED) is 0.773. The van der Waals surface area contributed by atoms with Crippen LogP contribution in [-0.2, 0) is 11.2 Å². The molecular weight excluding hydrogens is 258 g/mol. The van der Waals surface area contributed by atoms with Crippen molar-refractivity contribution in [3.63, 3.8) is 0 Å². The van der Waals surface area contributed by atoms with Gasteiger partial charge in [0.05, 0.1) is 0 Å². The van der Waals surface area contributed by atoms with Crippen molar-refractivity contribution in [2.75, 3.05) is 6.54 Å². The molecule has 0 aromatic heterocycles. The van der Waals surface area contributed by atoms with Crippen LogP contribution in [0.2, 0.25) is 0 Å². The highest BCUT2D eigenvalue weighted by molar-refractivity contribution is 5.82. The van der Waals surface area contributed by atoms with Gasteiger partial charge in [0.2, 0.25) is 5.91 Å². The van der Waals surface area contributed by atoms with Gasteiger partial charge in [-0.25, -0.2) is 0 Å². The molecule has 1 fully saturated rings. The number of carbonyl (C=O) groups excluding carboxylic acids is 1. The number of benzene rings is 1. The topological polar surface area (TPSA) is 29.1 Å². The number of fused-ring (bicyclic) bond motifs is 2. The molecular formula is C19H19NO. The molecule has 4 rings (SSSR count). The average Bonchev–Trinajstić information content (AvgIpc) is 2.66. The first-order chi connectivity index (χ1) is 10.3. The molecule has 1 saturated heterocycles. The lowest BCUT2D eigenvalue weighted by atomic mass is 9.69. The molecule has 1 heterocycles. The molecule has 0 bridgehead atoms. The minimum atomic E-state index is 0.0203. The van der Waals surface area contributed by atoms with Crippen LogP contribution in [0.3, 0.4) is 0 Å². The number of hydrogen-bond acceptors (Lipinski definition) is 1. The van der Waals surface area contributed by atoms with Crippen molar-refractivity contribution in [1.82, 2.24) is 5.32 Å². The van der Waals surface area contributed by atoms with E-state index in [1.54, 1.807) is 0 Å². The summed E-state index contributed by atoms with van der Waals surface area (Å²) in [4.78, 5) is 11.8. The maximum Gasteiger partial charge on any atom is 0.220 e. The van der Waals surface area contributed by atoms with Crippen molar-refractivity contribution in [2.45, 2.75) is 25.7 Å². The number of carbonyl (C=O) groups is 1. The van der Waals surface area contributed by atoms with E-state index in [1.807, 2.05) is 0 Å². The van der Waals surface area contributed by atoms with Gasteiger partial charge in [0.15, 0.2) is 0 Å². The minimum absolute atomic E-state index is 0.0203. The first kappa shape index (κ1) is 12.6. The summed E-state index contributed by atoms with van der Waals surface area (Å²) >= 11 is 0. The monoisotopic (exact) mass is 277 g/mol. The molecule has 1 amide bonds. The third kappa shape index (κ3) is 2.15. The van der Waals surface area contributed by atoms with Gasteiger partial charge in [-0.2, -0.15) is 0 Å². The Balaban J connectivity index is 1.78. The van der Waals surface area contributed by atoms with Gasteiger partial charge in [-0.3, -0.25) is 4.79 Å². The first-order valence-electron chi connectivity index (χ1n) is 7.70. The molecule has 1 N–H and O–H groups in total. The van der Waals surface area contributed by atoms with Gasteiger partial charge in [0, 0.05) is 18.4 Å². The number of allylic oxidation sites excluding steroid dienone is 6. The number of nitrogens with one attached hydrogen (secondary N) is 1. The van der Waals surface area contributed by atoms with Crippen LogP contribution in [0.15, 0.2) is 54.1 Å². The number of hydrogen-bond donors (Lipinski definition) is 1. The van der Waals surface area contributed by atoms with Crippen molar-refractivity contribution in [3.8, 4) is 0 Å². The third-order valence-electron chi connectivity index (χ3n) is 4.93. The Bertz CT molecular complexity index is 695. The highest BCUT2D eigenvalue weighted by Gasteiger charge is 2.37. The van der Waals surface area contributed by atoms with Gasteiger partial charge in [-0.05, 0) is 41.5 Å². The van der Waals surface area contributed by atoms with Crippen LogP contribution in [-0.4, -0.2) is 12.5 Å². The second kappa shape index (κ2) is 4.73. The fraction of sp³-hybridized carbons (Fsp3) is 0.316. The Labute approximate surface area is 125 Å².